The van der Waals surface area contributed by atoms with Gasteiger partial charge in [0.25, 0.3) is 0 Å². The number of carbonyl (C=O) groups is 3. The first-order chi connectivity index (χ1) is 19.4. The average molecular weight is 566 g/mol. The Balaban J connectivity index is 1.38. The van der Waals surface area contributed by atoms with Crippen LogP contribution in [0, 0.1) is 11.8 Å². The van der Waals surface area contributed by atoms with E-state index in [9.17, 15) is 19.5 Å². The molecule has 1 aromatic rings. The summed E-state index contributed by atoms with van der Waals surface area (Å²) < 4.78 is 4.72. The van der Waals surface area contributed by atoms with Gasteiger partial charge in [-0.1, -0.05) is 43.6 Å². The van der Waals surface area contributed by atoms with E-state index in [0.717, 1.165) is 37.1 Å². The first-order valence-electron chi connectivity index (χ1n) is 14.7. The lowest BCUT2D eigenvalue weighted by Gasteiger charge is -2.40. The number of hydrogen-bond donors (Lipinski definition) is 1. The van der Waals surface area contributed by atoms with Crippen LogP contribution in [-0.2, 0) is 14.4 Å². The molecule has 1 saturated carbocycles. The smallest absolute Gasteiger partial charge is 0.247 e. The molecule has 0 radical (unpaired) electrons. The van der Waals surface area contributed by atoms with Gasteiger partial charge in [0.15, 0.2) is 0 Å². The zero-order valence-electron chi connectivity index (χ0n) is 23.3. The molecular weight excluding hydrogens is 526 g/mol. The van der Waals surface area contributed by atoms with E-state index in [0.29, 0.717) is 19.7 Å². The minimum absolute atomic E-state index is 0.0446. The first-order valence-corrected chi connectivity index (χ1v) is 15.6. The summed E-state index contributed by atoms with van der Waals surface area (Å²) in [5, 5.41) is 9.96. The molecule has 2 saturated heterocycles. The maximum absolute atomic E-state index is 14.4. The van der Waals surface area contributed by atoms with Crippen LogP contribution in [0.15, 0.2) is 48.6 Å². The van der Waals surface area contributed by atoms with Crippen LogP contribution >= 0.6 is 11.8 Å². The molecular formula is C31H39N3O5S. The third-order valence-electron chi connectivity index (χ3n) is 9.34. The van der Waals surface area contributed by atoms with Gasteiger partial charge in [-0.3, -0.25) is 14.4 Å². The topological polar surface area (TPSA) is 90.4 Å². The Morgan fingerprint density at radius 1 is 1.02 bits per heavy atom. The summed E-state index contributed by atoms with van der Waals surface area (Å²) in [6.45, 7) is 4.98. The second kappa shape index (κ2) is 10.9. The van der Waals surface area contributed by atoms with Gasteiger partial charge in [0.05, 0.1) is 35.8 Å². The molecule has 1 spiro atoms. The van der Waals surface area contributed by atoms with Crippen molar-refractivity contribution >= 4 is 35.2 Å². The van der Waals surface area contributed by atoms with E-state index >= 15 is 0 Å². The van der Waals surface area contributed by atoms with Crippen molar-refractivity contribution in [3.8, 4) is 5.75 Å². The first kappa shape index (κ1) is 27.4. The molecule has 1 N–H and O–H groups in total. The van der Waals surface area contributed by atoms with Crippen molar-refractivity contribution in [2.24, 2.45) is 11.8 Å². The number of carbonyl (C=O) groups excluding carboxylic acids is 3. The van der Waals surface area contributed by atoms with Crippen molar-refractivity contribution in [1.82, 2.24) is 9.80 Å². The molecule has 40 heavy (non-hydrogen) atoms. The summed E-state index contributed by atoms with van der Waals surface area (Å²) in [6, 6.07) is 6.37. The quantitative estimate of drug-likeness (QED) is 0.532. The highest BCUT2D eigenvalue weighted by atomic mass is 32.2. The normalized spacial score (nSPS) is 33.0. The van der Waals surface area contributed by atoms with Gasteiger partial charge in [0, 0.05) is 30.1 Å². The van der Waals surface area contributed by atoms with Crippen LogP contribution in [0.2, 0.25) is 0 Å². The molecule has 214 valence electrons. The molecule has 1 aliphatic carbocycles. The van der Waals surface area contributed by atoms with Crippen molar-refractivity contribution in [2.75, 3.05) is 31.2 Å². The summed E-state index contributed by atoms with van der Waals surface area (Å²) in [5.74, 6) is -0.909. The number of fused-ring (bicyclic) bond motifs is 2. The molecule has 3 amide bonds. The molecule has 1 unspecified atom stereocenters. The average Bonchev–Trinajstić information content (AvgIpc) is 3.29. The molecule has 4 aliphatic heterocycles. The third-order valence-corrected chi connectivity index (χ3v) is 11.1. The van der Waals surface area contributed by atoms with E-state index in [1.54, 1.807) is 28.5 Å². The zero-order valence-corrected chi connectivity index (χ0v) is 24.1. The number of aliphatic hydroxyl groups excluding tert-OH is 1. The number of amides is 3. The van der Waals surface area contributed by atoms with Crippen LogP contribution < -0.4 is 9.64 Å². The lowest BCUT2D eigenvalue weighted by molar-refractivity contribution is -0.146. The summed E-state index contributed by atoms with van der Waals surface area (Å²) in [7, 11) is 0. The van der Waals surface area contributed by atoms with E-state index in [-0.39, 0.29) is 35.6 Å². The Kier molecular flexibility index (Phi) is 7.46. The van der Waals surface area contributed by atoms with Crippen molar-refractivity contribution in [3.05, 3.63) is 48.6 Å². The Morgan fingerprint density at radius 3 is 2.48 bits per heavy atom. The number of aliphatic hydroxyl groups is 1. The molecule has 6 rings (SSSR count). The van der Waals surface area contributed by atoms with E-state index in [1.807, 2.05) is 42.2 Å². The fourth-order valence-electron chi connectivity index (χ4n) is 7.50. The molecule has 0 aromatic heterocycles. The molecule has 5 aliphatic rings. The van der Waals surface area contributed by atoms with Crippen LogP contribution in [0.1, 0.15) is 46.0 Å². The number of thioether (sulfide) groups is 1. The van der Waals surface area contributed by atoms with Crippen LogP contribution in [0.4, 0.5) is 5.69 Å². The van der Waals surface area contributed by atoms with Gasteiger partial charge >= 0.3 is 0 Å². The number of anilines is 1. The van der Waals surface area contributed by atoms with Gasteiger partial charge < -0.3 is 24.5 Å². The third kappa shape index (κ3) is 4.28. The minimum atomic E-state index is -0.863. The van der Waals surface area contributed by atoms with Gasteiger partial charge in [-0.05, 0) is 51.0 Å². The highest BCUT2D eigenvalue weighted by Crippen LogP contribution is 2.61. The fourth-order valence-corrected chi connectivity index (χ4v) is 9.49. The monoisotopic (exact) mass is 565 g/mol. The molecule has 6 atom stereocenters. The maximum atomic E-state index is 14.4. The highest BCUT2D eigenvalue weighted by Gasteiger charge is 2.71. The Labute approximate surface area is 240 Å². The van der Waals surface area contributed by atoms with E-state index < -0.39 is 28.7 Å². The van der Waals surface area contributed by atoms with Crippen molar-refractivity contribution in [2.45, 2.75) is 74.1 Å². The van der Waals surface area contributed by atoms with Crippen LogP contribution in [0.5, 0.6) is 5.75 Å². The summed E-state index contributed by atoms with van der Waals surface area (Å²) in [6.07, 6.45) is 13.5. The van der Waals surface area contributed by atoms with E-state index in [4.69, 9.17) is 4.74 Å². The van der Waals surface area contributed by atoms with Crippen molar-refractivity contribution in [3.63, 3.8) is 0 Å². The van der Waals surface area contributed by atoms with Crippen LogP contribution in [-0.4, -0.2) is 87.1 Å². The fraction of sp³-hybridized carbons (Fsp3) is 0.581. The SMILES string of the molecule is CCOc1ccc(N2CC=C[C@@H]3S[C@]45C=CCN(C6CCCCC6)C(=O)C4N([C@H](C)CO)C(=O)[C@@H]5[C@@H]3C2=O)cc1. The van der Waals surface area contributed by atoms with Gasteiger partial charge in [-0.15, -0.1) is 11.8 Å². The van der Waals surface area contributed by atoms with Gasteiger partial charge in [-0.2, -0.15) is 0 Å². The molecule has 8 nitrogen and oxygen atoms in total. The van der Waals surface area contributed by atoms with E-state index in [2.05, 4.69) is 18.2 Å². The van der Waals surface area contributed by atoms with E-state index in [1.165, 1.54) is 6.42 Å². The number of nitrogens with zero attached hydrogens (tertiary/aromatic N) is 3. The predicted molar refractivity (Wildman–Crippen MR) is 155 cm³/mol. The lowest BCUT2D eigenvalue weighted by Crippen LogP contribution is -2.57. The number of likely N-dealkylation sites (tertiary alicyclic amines) is 1. The number of rotatable bonds is 6. The van der Waals surface area contributed by atoms with Crippen molar-refractivity contribution < 1.29 is 24.2 Å². The molecule has 3 fully saturated rings. The van der Waals surface area contributed by atoms with Crippen LogP contribution in [0.3, 0.4) is 0 Å². The molecule has 9 heteroatoms. The van der Waals surface area contributed by atoms with Crippen molar-refractivity contribution in [1.29, 1.82) is 0 Å². The highest BCUT2D eigenvalue weighted by molar-refractivity contribution is 8.02. The second-order valence-corrected chi connectivity index (χ2v) is 13.1. The second-order valence-electron chi connectivity index (χ2n) is 11.6. The minimum Gasteiger partial charge on any atom is -0.494 e. The number of hydrogen-bond acceptors (Lipinski definition) is 6. The Morgan fingerprint density at radius 2 is 1.77 bits per heavy atom. The Bertz CT molecular complexity index is 1210. The maximum Gasteiger partial charge on any atom is 0.247 e. The number of benzene rings is 1. The Hall–Kier alpha value is -2.78. The molecule has 4 heterocycles. The number of ether oxygens (including phenoxy) is 1. The zero-order chi connectivity index (χ0) is 28.0. The lowest BCUT2D eigenvalue weighted by atomic mass is 9.78. The van der Waals surface area contributed by atoms with Gasteiger partial charge in [-0.25, -0.2) is 0 Å². The molecule has 0 bridgehead atoms. The summed E-state index contributed by atoms with van der Waals surface area (Å²) >= 11 is 1.59. The van der Waals surface area contributed by atoms with Crippen LogP contribution in [0.25, 0.3) is 0 Å². The standard InChI is InChI=1S/C31H39N3O5S/c1-3-39-23-14-12-22(13-15-23)32-17-7-11-24-25(28(32)36)26-29(37)34(20(2)19-35)27-30(38)33(21-9-5-4-6-10-21)18-8-16-31(26,27)40-24/h7-8,11-16,20-21,24-27,35H,3-6,9-10,17-19H2,1-2H3/t20-,24+,25-,26+,27?,31+/m1/s1. The van der Waals surface area contributed by atoms with Gasteiger partial charge in [0.1, 0.15) is 11.8 Å². The summed E-state index contributed by atoms with van der Waals surface area (Å²) in [4.78, 5) is 48.4. The van der Waals surface area contributed by atoms with Gasteiger partial charge in [0.2, 0.25) is 17.7 Å². The largest absolute Gasteiger partial charge is 0.494 e. The molecule has 1 aromatic carbocycles. The summed E-state index contributed by atoms with van der Waals surface area (Å²) in [5.41, 5.74) is 0.753. The predicted octanol–water partition coefficient (Wildman–Crippen LogP) is 3.40.